The summed E-state index contributed by atoms with van der Waals surface area (Å²) in [6.45, 7) is 1.68. The molecular formula is C12H13ClFNO4S. The number of hydrogen-bond acceptors (Lipinski definition) is 3. The van der Waals surface area contributed by atoms with Gasteiger partial charge in [-0.3, -0.25) is 4.79 Å². The van der Waals surface area contributed by atoms with E-state index in [4.69, 9.17) is 16.7 Å². The molecule has 0 aliphatic carbocycles. The summed E-state index contributed by atoms with van der Waals surface area (Å²) >= 11 is 5.77. The molecule has 1 saturated heterocycles. The number of nitrogens with zero attached hydrogens (tertiary/aromatic N) is 1. The Kier molecular flexibility index (Phi) is 4.04. The number of benzene rings is 1. The highest BCUT2D eigenvalue weighted by Gasteiger charge is 2.41. The molecule has 8 heteroatoms. The topological polar surface area (TPSA) is 74.7 Å². The van der Waals surface area contributed by atoms with E-state index in [1.54, 1.807) is 6.92 Å². The lowest BCUT2D eigenvalue weighted by molar-refractivity contribution is -0.142. The Hall–Kier alpha value is -1.18. The number of aliphatic carboxylic acids is 1. The van der Waals surface area contributed by atoms with Crippen molar-refractivity contribution < 1.29 is 22.7 Å². The van der Waals surface area contributed by atoms with Crippen molar-refractivity contribution in [3.05, 3.63) is 29.0 Å². The summed E-state index contributed by atoms with van der Waals surface area (Å²) in [7, 11) is -3.91. The molecule has 0 aromatic heterocycles. The fourth-order valence-electron chi connectivity index (χ4n) is 2.26. The van der Waals surface area contributed by atoms with E-state index in [-0.39, 0.29) is 28.9 Å². The molecule has 0 radical (unpaired) electrons. The zero-order valence-corrected chi connectivity index (χ0v) is 12.2. The molecule has 1 heterocycles. The smallest absolute Gasteiger partial charge is 0.308 e. The van der Waals surface area contributed by atoms with Crippen LogP contribution >= 0.6 is 11.6 Å². The molecule has 2 atom stereocenters. The molecule has 2 unspecified atom stereocenters. The van der Waals surface area contributed by atoms with Crippen molar-refractivity contribution >= 4 is 27.6 Å². The highest BCUT2D eigenvalue weighted by molar-refractivity contribution is 7.89. The van der Waals surface area contributed by atoms with Crippen LogP contribution in [0.15, 0.2) is 23.1 Å². The summed E-state index contributed by atoms with van der Waals surface area (Å²) in [6, 6.07) is 3.02. The number of carboxylic acid groups (broad SMARTS) is 1. The van der Waals surface area contributed by atoms with Gasteiger partial charge in [-0.25, -0.2) is 12.8 Å². The average Bonchev–Trinajstić information content (AvgIpc) is 2.71. The van der Waals surface area contributed by atoms with Crippen LogP contribution in [0.5, 0.6) is 0 Å². The van der Waals surface area contributed by atoms with Crippen LogP contribution in [0.4, 0.5) is 4.39 Å². The Morgan fingerprint density at radius 2 is 2.10 bits per heavy atom. The minimum atomic E-state index is -3.91. The van der Waals surface area contributed by atoms with Gasteiger partial charge in [0.1, 0.15) is 10.7 Å². The van der Waals surface area contributed by atoms with Gasteiger partial charge in [-0.2, -0.15) is 4.31 Å². The first kappa shape index (κ1) is 15.2. The molecule has 0 spiro atoms. The predicted molar refractivity (Wildman–Crippen MR) is 70.5 cm³/mol. The van der Waals surface area contributed by atoms with Gasteiger partial charge in [-0.15, -0.1) is 0 Å². The second kappa shape index (κ2) is 5.31. The molecule has 0 bridgehead atoms. The lowest BCUT2D eigenvalue weighted by atomic mass is 9.99. The van der Waals surface area contributed by atoms with E-state index in [9.17, 15) is 17.6 Å². The number of sulfonamides is 1. The van der Waals surface area contributed by atoms with E-state index >= 15 is 0 Å². The van der Waals surface area contributed by atoms with Gasteiger partial charge in [0, 0.05) is 13.1 Å². The lowest BCUT2D eigenvalue weighted by Gasteiger charge is -2.17. The van der Waals surface area contributed by atoms with Gasteiger partial charge in [-0.1, -0.05) is 18.5 Å². The quantitative estimate of drug-likeness (QED) is 0.921. The SMILES string of the molecule is CC1CN(S(=O)(=O)c2ccc(F)cc2Cl)CC1C(=O)O. The van der Waals surface area contributed by atoms with Gasteiger partial charge in [0.15, 0.2) is 0 Å². The Morgan fingerprint density at radius 3 is 2.60 bits per heavy atom. The Labute approximate surface area is 121 Å². The van der Waals surface area contributed by atoms with E-state index in [2.05, 4.69) is 0 Å². The van der Waals surface area contributed by atoms with Crippen molar-refractivity contribution in [2.45, 2.75) is 11.8 Å². The number of carboxylic acids is 1. The standard InChI is InChI=1S/C12H13ClFNO4S/c1-7-5-15(6-9(7)12(16)17)20(18,19)11-3-2-8(14)4-10(11)13/h2-4,7,9H,5-6H2,1H3,(H,16,17). The highest BCUT2D eigenvalue weighted by atomic mass is 35.5. The summed E-state index contributed by atoms with van der Waals surface area (Å²) < 4.78 is 38.9. The van der Waals surface area contributed by atoms with Crippen LogP contribution in [0.25, 0.3) is 0 Å². The third kappa shape index (κ3) is 2.65. The van der Waals surface area contributed by atoms with E-state index in [1.165, 1.54) is 0 Å². The Morgan fingerprint density at radius 1 is 1.45 bits per heavy atom. The van der Waals surface area contributed by atoms with E-state index in [0.29, 0.717) is 0 Å². The minimum absolute atomic E-state index is 0.104. The van der Waals surface area contributed by atoms with E-state index < -0.39 is 27.7 Å². The number of carbonyl (C=O) groups is 1. The fourth-order valence-corrected chi connectivity index (χ4v) is 4.34. The fraction of sp³-hybridized carbons (Fsp3) is 0.417. The molecule has 1 N–H and O–H groups in total. The van der Waals surface area contributed by atoms with Gasteiger partial charge in [0.05, 0.1) is 10.9 Å². The first-order valence-electron chi connectivity index (χ1n) is 5.91. The number of halogens is 2. The molecule has 1 aliphatic heterocycles. The third-order valence-corrected chi connectivity index (χ3v) is 5.72. The zero-order valence-electron chi connectivity index (χ0n) is 10.6. The summed E-state index contributed by atoms with van der Waals surface area (Å²) in [5.41, 5.74) is 0. The molecular weight excluding hydrogens is 309 g/mol. The Balaban J connectivity index is 2.35. The summed E-state index contributed by atoms with van der Waals surface area (Å²) in [5, 5.41) is 8.82. The van der Waals surface area contributed by atoms with Crippen molar-refractivity contribution in [3.8, 4) is 0 Å². The molecule has 5 nitrogen and oxygen atoms in total. The van der Waals surface area contributed by atoms with Gasteiger partial charge >= 0.3 is 5.97 Å². The third-order valence-electron chi connectivity index (χ3n) is 3.41. The minimum Gasteiger partial charge on any atom is -0.481 e. The summed E-state index contributed by atoms with van der Waals surface area (Å²) in [4.78, 5) is 10.8. The van der Waals surface area contributed by atoms with Crippen molar-refractivity contribution in [1.82, 2.24) is 4.31 Å². The second-order valence-electron chi connectivity index (χ2n) is 4.82. The first-order valence-corrected chi connectivity index (χ1v) is 7.73. The van der Waals surface area contributed by atoms with Crippen molar-refractivity contribution in [3.63, 3.8) is 0 Å². The molecule has 1 aromatic carbocycles. The van der Waals surface area contributed by atoms with Crippen LogP contribution in [-0.4, -0.2) is 36.9 Å². The molecule has 2 rings (SSSR count). The maximum Gasteiger partial charge on any atom is 0.308 e. The summed E-state index contributed by atoms with van der Waals surface area (Å²) in [6.07, 6.45) is 0. The van der Waals surface area contributed by atoms with Crippen LogP contribution in [0.3, 0.4) is 0 Å². The first-order chi connectivity index (χ1) is 9.23. The molecule has 20 heavy (non-hydrogen) atoms. The second-order valence-corrected chi connectivity index (χ2v) is 7.13. The maximum absolute atomic E-state index is 13.0. The normalized spacial score (nSPS) is 23.9. The van der Waals surface area contributed by atoms with Gasteiger partial charge < -0.3 is 5.11 Å². The van der Waals surface area contributed by atoms with Gasteiger partial charge in [0.25, 0.3) is 0 Å². The van der Waals surface area contributed by atoms with Crippen molar-refractivity contribution in [2.75, 3.05) is 13.1 Å². The summed E-state index contributed by atoms with van der Waals surface area (Å²) in [5.74, 6) is -2.70. The molecule has 0 saturated carbocycles. The van der Waals surface area contributed by atoms with E-state index in [0.717, 1.165) is 22.5 Å². The van der Waals surface area contributed by atoms with Crippen LogP contribution < -0.4 is 0 Å². The van der Waals surface area contributed by atoms with Crippen molar-refractivity contribution in [2.24, 2.45) is 11.8 Å². The molecule has 1 aromatic rings. The molecule has 1 aliphatic rings. The highest BCUT2D eigenvalue weighted by Crippen LogP contribution is 2.31. The number of hydrogen-bond donors (Lipinski definition) is 1. The van der Waals surface area contributed by atoms with Gasteiger partial charge in [0.2, 0.25) is 10.0 Å². The largest absolute Gasteiger partial charge is 0.481 e. The predicted octanol–water partition coefficient (Wildman–Crippen LogP) is 1.82. The maximum atomic E-state index is 13.0. The molecule has 0 amide bonds. The Bertz CT molecular complexity index is 649. The molecule has 1 fully saturated rings. The van der Waals surface area contributed by atoms with E-state index in [1.807, 2.05) is 0 Å². The van der Waals surface area contributed by atoms with Crippen molar-refractivity contribution in [1.29, 1.82) is 0 Å². The van der Waals surface area contributed by atoms with Crippen LogP contribution in [-0.2, 0) is 14.8 Å². The van der Waals surface area contributed by atoms with Crippen LogP contribution in [0.2, 0.25) is 5.02 Å². The average molecular weight is 322 g/mol. The van der Waals surface area contributed by atoms with Crippen LogP contribution in [0, 0.1) is 17.7 Å². The zero-order chi connectivity index (χ0) is 15.1. The van der Waals surface area contributed by atoms with Crippen LogP contribution in [0.1, 0.15) is 6.92 Å². The molecule has 110 valence electrons. The van der Waals surface area contributed by atoms with Gasteiger partial charge in [-0.05, 0) is 24.1 Å². The lowest BCUT2D eigenvalue weighted by Crippen LogP contribution is -2.30. The number of rotatable bonds is 3. The monoisotopic (exact) mass is 321 g/mol.